The van der Waals surface area contributed by atoms with Gasteiger partial charge in [-0.1, -0.05) is 43.2 Å². The lowest BCUT2D eigenvalue weighted by Crippen LogP contribution is -2.16. The lowest BCUT2D eigenvalue weighted by Gasteiger charge is -2.25. The highest BCUT2D eigenvalue weighted by Gasteiger charge is 2.25. The Morgan fingerprint density at radius 3 is 2.45 bits per heavy atom. The maximum Gasteiger partial charge on any atom is 0.192 e. The van der Waals surface area contributed by atoms with Crippen LogP contribution in [0.5, 0.6) is 0 Å². The first-order valence-electron chi connectivity index (χ1n) is 9.75. The second-order valence-electron chi connectivity index (χ2n) is 7.17. The van der Waals surface area contributed by atoms with Gasteiger partial charge in [-0.3, -0.25) is 9.36 Å². The molecule has 150 valence electrons. The molecule has 1 aliphatic rings. The monoisotopic (exact) mass is 413 g/mol. The summed E-state index contributed by atoms with van der Waals surface area (Å²) in [5, 5.41) is 9.18. The fourth-order valence-corrected chi connectivity index (χ4v) is 4.62. The van der Waals surface area contributed by atoms with Crippen LogP contribution in [0, 0.1) is 11.6 Å². The number of thioether (sulfide) groups is 1. The molecule has 1 heterocycles. The largest absolute Gasteiger partial charge is 0.299 e. The van der Waals surface area contributed by atoms with Crippen molar-refractivity contribution in [3.8, 4) is 11.4 Å². The van der Waals surface area contributed by atoms with Gasteiger partial charge in [0.25, 0.3) is 0 Å². The zero-order valence-corrected chi connectivity index (χ0v) is 16.7. The van der Waals surface area contributed by atoms with Gasteiger partial charge in [-0.15, -0.1) is 10.2 Å². The Hall–Kier alpha value is -2.54. The Labute approximate surface area is 172 Å². The summed E-state index contributed by atoms with van der Waals surface area (Å²) in [5.41, 5.74) is 0.874. The van der Waals surface area contributed by atoms with Crippen molar-refractivity contribution in [3.63, 3.8) is 0 Å². The number of hydrogen-bond acceptors (Lipinski definition) is 4. The molecule has 1 saturated carbocycles. The molecule has 0 aliphatic heterocycles. The summed E-state index contributed by atoms with van der Waals surface area (Å²) in [6.45, 7) is 0. The molecule has 0 spiro atoms. The van der Waals surface area contributed by atoms with Crippen LogP contribution in [0.3, 0.4) is 0 Å². The number of carbonyl (C=O) groups excluding carboxylic acids is 1. The molecule has 0 radical (unpaired) electrons. The standard InChI is InChI=1S/C22H21F2N3OS/c23-16-12-10-15(11-13-16)20(28)14-29-22-26-25-21(18-8-4-5-9-19(18)24)27(22)17-6-2-1-3-7-17/h4-5,8-13,17H,1-3,6-7,14H2. The third-order valence-electron chi connectivity index (χ3n) is 5.22. The van der Waals surface area contributed by atoms with Gasteiger partial charge in [0, 0.05) is 11.6 Å². The van der Waals surface area contributed by atoms with Crippen LogP contribution in [0.15, 0.2) is 53.7 Å². The molecule has 4 rings (SSSR count). The lowest BCUT2D eigenvalue weighted by atomic mass is 9.95. The Morgan fingerprint density at radius 1 is 1.00 bits per heavy atom. The zero-order chi connectivity index (χ0) is 20.2. The number of benzene rings is 2. The van der Waals surface area contributed by atoms with Crippen LogP contribution in [-0.4, -0.2) is 26.3 Å². The van der Waals surface area contributed by atoms with Crippen molar-refractivity contribution >= 4 is 17.5 Å². The van der Waals surface area contributed by atoms with Crippen LogP contribution >= 0.6 is 11.8 Å². The number of ketones is 1. The molecule has 1 aliphatic carbocycles. The fraction of sp³-hybridized carbons (Fsp3) is 0.318. The number of halogens is 2. The van der Waals surface area contributed by atoms with Gasteiger partial charge in [0.1, 0.15) is 11.6 Å². The Morgan fingerprint density at radius 2 is 1.72 bits per heavy atom. The maximum atomic E-state index is 14.4. The normalized spacial score (nSPS) is 14.8. The second kappa shape index (κ2) is 8.86. The second-order valence-corrected chi connectivity index (χ2v) is 8.11. The van der Waals surface area contributed by atoms with Crippen LogP contribution in [0.4, 0.5) is 8.78 Å². The van der Waals surface area contributed by atoms with E-state index in [4.69, 9.17) is 0 Å². The highest BCUT2D eigenvalue weighted by molar-refractivity contribution is 7.99. The minimum Gasteiger partial charge on any atom is -0.299 e. The van der Waals surface area contributed by atoms with Crippen molar-refractivity contribution in [3.05, 3.63) is 65.7 Å². The number of rotatable bonds is 6. The molecule has 0 unspecified atom stereocenters. The minimum absolute atomic E-state index is 0.111. The van der Waals surface area contributed by atoms with Gasteiger partial charge >= 0.3 is 0 Å². The van der Waals surface area contributed by atoms with E-state index in [1.807, 2.05) is 4.57 Å². The summed E-state index contributed by atoms with van der Waals surface area (Å²) in [5.74, 6) is -0.155. The molecule has 3 aromatic rings. The average molecular weight is 413 g/mol. The summed E-state index contributed by atoms with van der Waals surface area (Å²) in [6, 6.07) is 12.3. The first-order valence-corrected chi connectivity index (χ1v) is 10.7. The van der Waals surface area contributed by atoms with E-state index in [9.17, 15) is 13.6 Å². The van der Waals surface area contributed by atoms with Gasteiger partial charge in [0.15, 0.2) is 16.8 Å². The summed E-state index contributed by atoms with van der Waals surface area (Å²) >= 11 is 1.29. The van der Waals surface area contributed by atoms with Gasteiger partial charge in [-0.25, -0.2) is 8.78 Å². The molecule has 2 aromatic carbocycles. The van der Waals surface area contributed by atoms with Crippen molar-refractivity contribution < 1.29 is 13.6 Å². The summed E-state index contributed by atoms with van der Waals surface area (Å²) < 4.78 is 29.5. The summed E-state index contributed by atoms with van der Waals surface area (Å²) in [7, 11) is 0. The highest BCUT2D eigenvalue weighted by Crippen LogP contribution is 2.36. The third kappa shape index (κ3) is 4.40. The zero-order valence-electron chi connectivity index (χ0n) is 15.9. The van der Waals surface area contributed by atoms with Crippen molar-refractivity contribution in [2.24, 2.45) is 0 Å². The molecule has 0 atom stereocenters. The van der Waals surface area contributed by atoms with E-state index in [-0.39, 0.29) is 29.2 Å². The molecule has 0 N–H and O–H groups in total. The van der Waals surface area contributed by atoms with E-state index in [0.29, 0.717) is 22.1 Å². The van der Waals surface area contributed by atoms with E-state index in [2.05, 4.69) is 10.2 Å². The molecular formula is C22H21F2N3OS. The Kier molecular flexibility index (Phi) is 6.04. The van der Waals surface area contributed by atoms with Gasteiger partial charge in [0.05, 0.1) is 11.3 Å². The van der Waals surface area contributed by atoms with E-state index < -0.39 is 0 Å². The van der Waals surface area contributed by atoms with Crippen molar-refractivity contribution in [1.29, 1.82) is 0 Å². The van der Waals surface area contributed by atoms with Crippen LogP contribution in [0.1, 0.15) is 48.5 Å². The minimum atomic E-state index is -0.374. The third-order valence-corrected chi connectivity index (χ3v) is 6.16. The molecule has 1 fully saturated rings. The first-order chi connectivity index (χ1) is 14.1. The molecule has 0 saturated heterocycles. The average Bonchev–Trinajstić information content (AvgIpc) is 3.17. The molecule has 7 heteroatoms. The maximum absolute atomic E-state index is 14.4. The smallest absolute Gasteiger partial charge is 0.192 e. The molecular weight excluding hydrogens is 392 g/mol. The Bertz CT molecular complexity index is 998. The quantitative estimate of drug-likeness (QED) is 0.384. The van der Waals surface area contributed by atoms with E-state index in [1.54, 1.807) is 18.2 Å². The predicted molar refractivity (Wildman–Crippen MR) is 109 cm³/mol. The number of aromatic nitrogens is 3. The lowest BCUT2D eigenvalue weighted by molar-refractivity contribution is 0.102. The SMILES string of the molecule is O=C(CSc1nnc(-c2ccccc2F)n1C1CCCCC1)c1ccc(F)cc1. The van der Waals surface area contributed by atoms with Crippen molar-refractivity contribution in [1.82, 2.24) is 14.8 Å². The molecule has 0 bridgehead atoms. The number of Topliss-reactive ketones (excluding diaryl/α,β-unsaturated/α-hetero) is 1. The molecule has 0 amide bonds. The number of hydrogen-bond donors (Lipinski definition) is 0. The van der Waals surface area contributed by atoms with Crippen LogP contribution in [0.2, 0.25) is 0 Å². The molecule has 1 aromatic heterocycles. The summed E-state index contributed by atoms with van der Waals surface area (Å²) in [6.07, 6.45) is 5.38. The van der Waals surface area contributed by atoms with Crippen LogP contribution < -0.4 is 0 Å². The van der Waals surface area contributed by atoms with E-state index in [0.717, 1.165) is 25.7 Å². The van der Waals surface area contributed by atoms with Gasteiger partial charge < -0.3 is 0 Å². The van der Waals surface area contributed by atoms with Crippen LogP contribution in [0.25, 0.3) is 11.4 Å². The van der Waals surface area contributed by atoms with Crippen molar-refractivity contribution in [2.75, 3.05) is 5.75 Å². The van der Waals surface area contributed by atoms with Gasteiger partial charge in [-0.2, -0.15) is 0 Å². The number of nitrogens with zero attached hydrogens (tertiary/aromatic N) is 3. The molecule has 29 heavy (non-hydrogen) atoms. The summed E-state index contributed by atoms with van der Waals surface area (Å²) in [4.78, 5) is 12.5. The topological polar surface area (TPSA) is 47.8 Å². The Balaban J connectivity index is 1.61. The van der Waals surface area contributed by atoms with E-state index >= 15 is 0 Å². The van der Waals surface area contributed by atoms with Gasteiger partial charge in [-0.05, 0) is 49.2 Å². The van der Waals surface area contributed by atoms with E-state index in [1.165, 1.54) is 48.5 Å². The molecule has 4 nitrogen and oxygen atoms in total. The fourth-order valence-electron chi connectivity index (χ4n) is 3.72. The van der Waals surface area contributed by atoms with Gasteiger partial charge in [0.2, 0.25) is 0 Å². The first kappa shape index (κ1) is 19.8. The number of carbonyl (C=O) groups is 1. The predicted octanol–water partition coefficient (Wildman–Crippen LogP) is 5.70. The van der Waals surface area contributed by atoms with Crippen LogP contribution in [-0.2, 0) is 0 Å². The highest BCUT2D eigenvalue weighted by atomic mass is 32.2. The van der Waals surface area contributed by atoms with Crippen molar-refractivity contribution in [2.45, 2.75) is 43.3 Å².